The van der Waals surface area contributed by atoms with Gasteiger partial charge in [-0.25, -0.2) is 4.98 Å². The molecule has 1 N–H and O–H groups in total. The maximum Gasteiger partial charge on any atom is 0.339 e. The van der Waals surface area contributed by atoms with Crippen LogP contribution in [0.15, 0.2) is 41.3 Å². The standard InChI is InChI=1S/C17H16N2O3S2/c1-11-19-16-5-4-15(9-17(16)23-11)24(20,21)22-14-3-2-12-6-7-18-10-13(12)8-14/h2-5,8-9,18H,6-7,10H2,1H3. The Morgan fingerprint density at radius 3 is 2.92 bits per heavy atom. The average Bonchev–Trinajstić information content (AvgIpc) is 2.93. The first-order valence-electron chi connectivity index (χ1n) is 7.65. The summed E-state index contributed by atoms with van der Waals surface area (Å²) in [5, 5.41) is 4.18. The summed E-state index contributed by atoms with van der Waals surface area (Å²) in [6, 6.07) is 10.3. The lowest BCUT2D eigenvalue weighted by Crippen LogP contribution is -2.23. The van der Waals surface area contributed by atoms with E-state index in [1.54, 1.807) is 24.3 Å². The molecule has 0 saturated heterocycles. The fraction of sp³-hybridized carbons (Fsp3) is 0.235. The van der Waals surface area contributed by atoms with Crippen LogP contribution in [0, 0.1) is 6.92 Å². The Balaban J connectivity index is 1.66. The molecule has 1 aliphatic heterocycles. The van der Waals surface area contributed by atoms with Gasteiger partial charge in [0.15, 0.2) is 0 Å². The van der Waals surface area contributed by atoms with Crippen molar-refractivity contribution in [2.24, 2.45) is 0 Å². The van der Waals surface area contributed by atoms with Gasteiger partial charge in [-0.3, -0.25) is 0 Å². The summed E-state index contributed by atoms with van der Waals surface area (Å²) < 4.78 is 31.3. The Kier molecular flexibility index (Phi) is 3.79. The Bertz CT molecular complexity index is 1030. The van der Waals surface area contributed by atoms with Crippen molar-refractivity contribution in [2.45, 2.75) is 24.8 Å². The van der Waals surface area contributed by atoms with Crippen molar-refractivity contribution in [3.8, 4) is 5.75 Å². The number of aromatic nitrogens is 1. The second kappa shape index (κ2) is 5.84. The first kappa shape index (κ1) is 15.6. The van der Waals surface area contributed by atoms with Crippen LogP contribution in [-0.2, 0) is 23.1 Å². The Labute approximate surface area is 144 Å². The molecule has 0 radical (unpaired) electrons. The molecule has 0 aliphatic carbocycles. The Hall–Kier alpha value is -1.96. The fourth-order valence-corrected chi connectivity index (χ4v) is 4.75. The Morgan fingerprint density at radius 1 is 1.17 bits per heavy atom. The lowest BCUT2D eigenvalue weighted by atomic mass is 10.0. The van der Waals surface area contributed by atoms with E-state index in [4.69, 9.17) is 4.18 Å². The number of benzene rings is 2. The molecule has 3 aromatic rings. The summed E-state index contributed by atoms with van der Waals surface area (Å²) in [6.07, 6.45) is 0.948. The van der Waals surface area contributed by atoms with Gasteiger partial charge in [0.2, 0.25) is 0 Å². The molecule has 0 spiro atoms. The van der Waals surface area contributed by atoms with Crippen molar-refractivity contribution in [1.82, 2.24) is 10.3 Å². The summed E-state index contributed by atoms with van der Waals surface area (Å²) in [6.45, 7) is 3.58. The van der Waals surface area contributed by atoms with Crippen LogP contribution in [-0.4, -0.2) is 19.9 Å². The molecule has 1 aliphatic rings. The zero-order chi connectivity index (χ0) is 16.7. The van der Waals surface area contributed by atoms with E-state index >= 15 is 0 Å². The van der Waals surface area contributed by atoms with Crippen molar-refractivity contribution in [3.63, 3.8) is 0 Å². The predicted octanol–water partition coefficient (Wildman–Crippen LogP) is 3.02. The maximum absolute atomic E-state index is 12.6. The van der Waals surface area contributed by atoms with Crippen LogP contribution < -0.4 is 9.50 Å². The van der Waals surface area contributed by atoms with E-state index in [2.05, 4.69) is 10.3 Å². The number of nitrogens with zero attached hydrogens (tertiary/aromatic N) is 1. The molecule has 7 heteroatoms. The van der Waals surface area contributed by atoms with Crippen LogP contribution in [0.25, 0.3) is 10.2 Å². The van der Waals surface area contributed by atoms with Crippen LogP contribution in [0.2, 0.25) is 0 Å². The average molecular weight is 360 g/mol. The highest BCUT2D eigenvalue weighted by atomic mass is 32.2. The fourth-order valence-electron chi connectivity index (χ4n) is 2.86. The predicted molar refractivity (Wildman–Crippen MR) is 94.0 cm³/mol. The van der Waals surface area contributed by atoms with Gasteiger partial charge in [-0.15, -0.1) is 11.3 Å². The van der Waals surface area contributed by atoms with Crippen LogP contribution in [0.5, 0.6) is 5.75 Å². The molecule has 1 aromatic heterocycles. The summed E-state index contributed by atoms with van der Waals surface area (Å²) in [7, 11) is -3.86. The van der Waals surface area contributed by atoms with Gasteiger partial charge in [0.1, 0.15) is 10.6 Å². The quantitative estimate of drug-likeness (QED) is 0.727. The highest BCUT2D eigenvalue weighted by Crippen LogP contribution is 2.27. The molecule has 2 heterocycles. The van der Waals surface area contributed by atoms with Gasteiger partial charge in [-0.05, 0) is 61.3 Å². The van der Waals surface area contributed by atoms with Gasteiger partial charge in [-0.2, -0.15) is 8.42 Å². The van der Waals surface area contributed by atoms with Gasteiger partial charge < -0.3 is 9.50 Å². The van der Waals surface area contributed by atoms with Crippen molar-refractivity contribution < 1.29 is 12.6 Å². The minimum Gasteiger partial charge on any atom is -0.379 e. The van der Waals surface area contributed by atoms with E-state index < -0.39 is 10.1 Å². The second-order valence-corrected chi connectivity index (χ2v) is 8.54. The van der Waals surface area contributed by atoms with E-state index in [1.165, 1.54) is 23.0 Å². The lowest BCUT2D eigenvalue weighted by Gasteiger charge is -2.17. The number of rotatable bonds is 3. The molecule has 2 aromatic carbocycles. The van der Waals surface area contributed by atoms with Crippen LogP contribution in [0.3, 0.4) is 0 Å². The summed E-state index contributed by atoms with van der Waals surface area (Å²) in [5.74, 6) is 0.345. The molecule has 124 valence electrons. The normalized spacial score (nSPS) is 14.5. The third-order valence-electron chi connectivity index (χ3n) is 4.03. The smallest absolute Gasteiger partial charge is 0.339 e. The number of thiazole rings is 1. The van der Waals surface area contributed by atoms with Crippen LogP contribution in [0.4, 0.5) is 0 Å². The molecule has 0 unspecified atom stereocenters. The monoisotopic (exact) mass is 360 g/mol. The third-order valence-corrected chi connectivity index (χ3v) is 6.20. The van der Waals surface area contributed by atoms with Gasteiger partial charge in [0, 0.05) is 6.54 Å². The molecule has 0 atom stereocenters. The minimum absolute atomic E-state index is 0.148. The largest absolute Gasteiger partial charge is 0.379 e. The number of aryl methyl sites for hydroxylation is 1. The van der Waals surface area contributed by atoms with Gasteiger partial charge in [0.05, 0.1) is 15.2 Å². The molecule has 4 rings (SSSR count). The van der Waals surface area contributed by atoms with Crippen molar-refractivity contribution in [2.75, 3.05) is 6.54 Å². The number of nitrogens with one attached hydrogen (secondary N) is 1. The highest BCUT2D eigenvalue weighted by Gasteiger charge is 2.19. The first-order chi connectivity index (χ1) is 11.5. The van der Waals surface area contributed by atoms with Gasteiger partial charge >= 0.3 is 10.1 Å². The SMILES string of the molecule is Cc1nc2ccc(S(=O)(=O)Oc3ccc4c(c3)CNCC4)cc2s1. The molecular weight excluding hydrogens is 344 g/mol. The summed E-state index contributed by atoms with van der Waals surface area (Å²) in [4.78, 5) is 4.49. The highest BCUT2D eigenvalue weighted by molar-refractivity contribution is 7.87. The van der Waals surface area contributed by atoms with E-state index in [0.29, 0.717) is 5.75 Å². The Morgan fingerprint density at radius 2 is 2.04 bits per heavy atom. The van der Waals surface area contributed by atoms with E-state index in [1.807, 2.05) is 13.0 Å². The lowest BCUT2D eigenvalue weighted by molar-refractivity contribution is 0.485. The zero-order valence-electron chi connectivity index (χ0n) is 13.1. The topological polar surface area (TPSA) is 68.3 Å². The zero-order valence-corrected chi connectivity index (χ0v) is 14.7. The van der Waals surface area contributed by atoms with E-state index in [9.17, 15) is 8.42 Å². The van der Waals surface area contributed by atoms with Gasteiger partial charge in [-0.1, -0.05) is 6.07 Å². The molecule has 0 amide bonds. The molecule has 0 bridgehead atoms. The summed E-state index contributed by atoms with van der Waals surface area (Å²) in [5.41, 5.74) is 3.12. The number of hydrogen-bond donors (Lipinski definition) is 1. The van der Waals surface area contributed by atoms with E-state index in [0.717, 1.165) is 40.3 Å². The molecule has 5 nitrogen and oxygen atoms in total. The van der Waals surface area contributed by atoms with Gasteiger partial charge in [0.25, 0.3) is 0 Å². The number of hydrogen-bond acceptors (Lipinski definition) is 6. The van der Waals surface area contributed by atoms with E-state index in [-0.39, 0.29) is 4.90 Å². The van der Waals surface area contributed by atoms with Crippen molar-refractivity contribution >= 4 is 31.7 Å². The molecule has 0 saturated carbocycles. The number of fused-ring (bicyclic) bond motifs is 2. The van der Waals surface area contributed by atoms with Crippen molar-refractivity contribution in [3.05, 3.63) is 52.5 Å². The van der Waals surface area contributed by atoms with Crippen LogP contribution >= 0.6 is 11.3 Å². The third kappa shape index (κ3) is 2.90. The van der Waals surface area contributed by atoms with Crippen LogP contribution in [0.1, 0.15) is 16.1 Å². The summed E-state index contributed by atoms with van der Waals surface area (Å²) >= 11 is 1.47. The molecular formula is C17H16N2O3S2. The molecule has 24 heavy (non-hydrogen) atoms. The van der Waals surface area contributed by atoms with Crippen molar-refractivity contribution in [1.29, 1.82) is 0 Å². The second-order valence-electron chi connectivity index (χ2n) is 5.76. The minimum atomic E-state index is -3.86. The maximum atomic E-state index is 12.6. The first-order valence-corrected chi connectivity index (χ1v) is 9.88. The molecule has 0 fully saturated rings.